The Morgan fingerprint density at radius 1 is 1.03 bits per heavy atom. The Kier molecular flexibility index (Phi) is 6.56. The van der Waals surface area contributed by atoms with Gasteiger partial charge in [-0.1, -0.05) is 72.8 Å². The first kappa shape index (κ1) is 22.1. The smallest absolute Gasteiger partial charge is 0.267 e. The van der Waals surface area contributed by atoms with Gasteiger partial charge < -0.3 is 4.98 Å². The van der Waals surface area contributed by atoms with Gasteiger partial charge >= 0.3 is 0 Å². The van der Waals surface area contributed by atoms with Gasteiger partial charge in [-0.3, -0.25) is 14.9 Å². The first-order chi connectivity index (χ1) is 16.7. The molecule has 1 atom stereocenters. The second-order valence-corrected chi connectivity index (χ2v) is 8.81. The number of H-pyrrole nitrogens is 1. The molecule has 4 aromatic rings. The van der Waals surface area contributed by atoms with Crippen molar-refractivity contribution in [2.24, 2.45) is 0 Å². The summed E-state index contributed by atoms with van der Waals surface area (Å²) in [5, 5.41) is 9.94. The molecule has 172 valence electrons. The van der Waals surface area contributed by atoms with Crippen molar-refractivity contribution < 1.29 is 10.0 Å². The van der Waals surface area contributed by atoms with E-state index in [0.29, 0.717) is 6.04 Å². The summed E-state index contributed by atoms with van der Waals surface area (Å²) in [5.74, 6) is -0.529. The summed E-state index contributed by atoms with van der Waals surface area (Å²) in [4.78, 5) is 17.5. The minimum atomic E-state index is -0.529. The van der Waals surface area contributed by atoms with Gasteiger partial charge in [-0.05, 0) is 60.2 Å². The summed E-state index contributed by atoms with van der Waals surface area (Å²) >= 11 is 0. The zero-order valence-corrected chi connectivity index (χ0v) is 19.1. The Morgan fingerprint density at radius 3 is 2.59 bits per heavy atom. The third-order valence-corrected chi connectivity index (χ3v) is 6.75. The number of aromatic amines is 1. The van der Waals surface area contributed by atoms with Gasteiger partial charge in [0.25, 0.3) is 5.91 Å². The van der Waals surface area contributed by atoms with Gasteiger partial charge in [-0.2, -0.15) is 0 Å². The molecule has 1 aliphatic rings. The van der Waals surface area contributed by atoms with Crippen LogP contribution in [0.5, 0.6) is 0 Å². The number of hydroxylamine groups is 1. The van der Waals surface area contributed by atoms with Crippen molar-refractivity contribution in [2.75, 3.05) is 13.1 Å². The molecule has 1 saturated heterocycles. The predicted molar refractivity (Wildman–Crippen MR) is 136 cm³/mol. The van der Waals surface area contributed by atoms with Crippen LogP contribution in [-0.4, -0.2) is 34.1 Å². The van der Waals surface area contributed by atoms with Gasteiger partial charge in [0.15, 0.2) is 0 Å². The number of hydrogen-bond donors (Lipinski definition) is 3. The minimum Gasteiger partial charge on any atom is -0.354 e. The molecule has 0 radical (unpaired) electrons. The molecule has 1 aliphatic heterocycles. The van der Waals surface area contributed by atoms with E-state index in [0.717, 1.165) is 31.5 Å². The minimum absolute atomic E-state index is 0.407. The maximum absolute atomic E-state index is 11.2. The van der Waals surface area contributed by atoms with Crippen LogP contribution in [0.15, 0.2) is 84.9 Å². The molecule has 34 heavy (non-hydrogen) atoms. The highest BCUT2D eigenvalue weighted by molar-refractivity contribution is 5.91. The van der Waals surface area contributed by atoms with Crippen LogP contribution in [0, 0.1) is 0 Å². The van der Waals surface area contributed by atoms with Crippen LogP contribution in [0.1, 0.15) is 35.6 Å². The fourth-order valence-corrected chi connectivity index (χ4v) is 5.08. The standard InChI is InChI=1S/C29H29N3O2/c33-28(31-34)17-14-21-12-15-22(16-13-21)27-11-6-19-32(27)20-18-25-24-9-4-5-10-26(24)30-29(25)23-7-2-1-3-8-23/h1-5,7-10,12-17,27,30,34H,6,11,18-20H2,(H,31,33). The lowest BCUT2D eigenvalue weighted by molar-refractivity contribution is -0.124. The number of rotatable bonds is 7. The summed E-state index contributed by atoms with van der Waals surface area (Å²) in [5.41, 5.74) is 8.88. The number of fused-ring (bicyclic) bond motifs is 1. The van der Waals surface area contributed by atoms with Crippen LogP contribution in [0.4, 0.5) is 0 Å². The molecule has 0 spiro atoms. The number of para-hydroxylation sites is 1. The Bertz CT molecular complexity index is 1290. The number of benzene rings is 3. The monoisotopic (exact) mass is 451 g/mol. The molecule has 0 bridgehead atoms. The average molecular weight is 452 g/mol. The molecular weight excluding hydrogens is 422 g/mol. The summed E-state index contributed by atoms with van der Waals surface area (Å²) in [6.45, 7) is 2.11. The van der Waals surface area contributed by atoms with Crippen LogP contribution in [0.3, 0.4) is 0 Å². The number of amides is 1. The number of nitrogens with zero attached hydrogens (tertiary/aromatic N) is 1. The van der Waals surface area contributed by atoms with Gasteiger partial charge in [-0.25, -0.2) is 5.48 Å². The normalized spacial score (nSPS) is 16.4. The van der Waals surface area contributed by atoms with E-state index in [1.807, 2.05) is 12.1 Å². The van der Waals surface area contributed by atoms with Crippen LogP contribution in [0.2, 0.25) is 0 Å². The van der Waals surface area contributed by atoms with E-state index >= 15 is 0 Å². The highest BCUT2D eigenvalue weighted by atomic mass is 16.5. The molecule has 1 aromatic heterocycles. The number of hydrogen-bond acceptors (Lipinski definition) is 3. The number of carbonyl (C=O) groups is 1. The van der Waals surface area contributed by atoms with E-state index in [9.17, 15) is 4.79 Å². The highest BCUT2D eigenvalue weighted by Gasteiger charge is 2.26. The van der Waals surface area contributed by atoms with E-state index in [-0.39, 0.29) is 0 Å². The Balaban J connectivity index is 1.34. The Hall–Kier alpha value is -3.67. The fourth-order valence-electron chi connectivity index (χ4n) is 5.08. The molecule has 1 amide bonds. The molecule has 3 N–H and O–H groups in total. The maximum atomic E-state index is 11.2. The largest absolute Gasteiger partial charge is 0.354 e. The fraction of sp³-hybridized carbons (Fsp3) is 0.207. The molecule has 5 rings (SSSR count). The Labute approximate surface area is 199 Å². The molecule has 1 unspecified atom stereocenters. The molecule has 5 heteroatoms. The SMILES string of the molecule is O=C(C=Cc1ccc(C2CCCN2CCc2c(-c3ccccc3)[nH]c3ccccc23)cc1)NO. The number of nitrogens with one attached hydrogen (secondary N) is 2. The predicted octanol–water partition coefficient (Wildman–Crippen LogP) is 5.73. The lowest BCUT2D eigenvalue weighted by Gasteiger charge is -2.25. The quantitative estimate of drug-likeness (QED) is 0.191. The van der Waals surface area contributed by atoms with Crippen LogP contribution >= 0.6 is 0 Å². The molecule has 1 fully saturated rings. The van der Waals surface area contributed by atoms with Gasteiger partial charge in [0.1, 0.15) is 0 Å². The van der Waals surface area contributed by atoms with E-state index in [1.165, 1.54) is 45.8 Å². The number of carbonyl (C=O) groups excluding carboxylic acids is 1. The van der Waals surface area contributed by atoms with Crippen LogP contribution in [0.25, 0.3) is 28.2 Å². The maximum Gasteiger partial charge on any atom is 0.267 e. The van der Waals surface area contributed by atoms with Gasteiger partial charge in [0.2, 0.25) is 0 Å². The van der Waals surface area contributed by atoms with Crippen molar-refractivity contribution in [3.63, 3.8) is 0 Å². The highest BCUT2D eigenvalue weighted by Crippen LogP contribution is 2.35. The van der Waals surface area contributed by atoms with Crippen molar-refractivity contribution in [1.29, 1.82) is 0 Å². The van der Waals surface area contributed by atoms with Crippen molar-refractivity contribution in [3.05, 3.63) is 102 Å². The summed E-state index contributed by atoms with van der Waals surface area (Å²) in [6.07, 6.45) is 6.36. The van der Waals surface area contributed by atoms with E-state index in [1.54, 1.807) is 11.6 Å². The van der Waals surface area contributed by atoms with Crippen LogP contribution < -0.4 is 5.48 Å². The van der Waals surface area contributed by atoms with Crippen molar-refractivity contribution in [2.45, 2.75) is 25.3 Å². The zero-order chi connectivity index (χ0) is 23.3. The number of aromatic nitrogens is 1. The molecule has 5 nitrogen and oxygen atoms in total. The van der Waals surface area contributed by atoms with E-state index < -0.39 is 5.91 Å². The topological polar surface area (TPSA) is 68.4 Å². The third-order valence-electron chi connectivity index (χ3n) is 6.75. The third kappa shape index (κ3) is 4.67. The van der Waals surface area contributed by atoms with E-state index in [2.05, 4.69) is 76.6 Å². The van der Waals surface area contributed by atoms with Gasteiger partial charge in [0, 0.05) is 35.3 Å². The zero-order valence-electron chi connectivity index (χ0n) is 19.1. The molecule has 0 saturated carbocycles. The second-order valence-electron chi connectivity index (χ2n) is 8.81. The molecule has 0 aliphatic carbocycles. The van der Waals surface area contributed by atoms with Crippen molar-refractivity contribution in [1.82, 2.24) is 15.4 Å². The molecule has 2 heterocycles. The number of likely N-dealkylation sites (tertiary alicyclic amines) is 1. The second kappa shape index (κ2) is 10.1. The van der Waals surface area contributed by atoms with E-state index in [4.69, 9.17) is 5.21 Å². The van der Waals surface area contributed by atoms with Crippen molar-refractivity contribution in [3.8, 4) is 11.3 Å². The molecular formula is C29H29N3O2. The first-order valence-corrected chi connectivity index (χ1v) is 11.8. The lowest BCUT2D eigenvalue weighted by Crippen LogP contribution is -2.25. The molecule has 3 aromatic carbocycles. The van der Waals surface area contributed by atoms with Gasteiger partial charge in [-0.15, -0.1) is 0 Å². The van der Waals surface area contributed by atoms with Crippen molar-refractivity contribution >= 4 is 22.9 Å². The summed E-state index contributed by atoms with van der Waals surface area (Å²) < 4.78 is 0. The van der Waals surface area contributed by atoms with Crippen LogP contribution in [-0.2, 0) is 11.2 Å². The summed E-state index contributed by atoms with van der Waals surface area (Å²) in [7, 11) is 0. The summed E-state index contributed by atoms with van der Waals surface area (Å²) in [6, 6.07) is 27.9. The first-order valence-electron chi connectivity index (χ1n) is 11.8. The van der Waals surface area contributed by atoms with Gasteiger partial charge in [0.05, 0.1) is 0 Å². The average Bonchev–Trinajstić information content (AvgIpc) is 3.51. The lowest BCUT2D eigenvalue weighted by atomic mass is 10.0. The Morgan fingerprint density at radius 2 is 1.79 bits per heavy atom.